The second-order valence-corrected chi connectivity index (χ2v) is 16.8. The van der Waals surface area contributed by atoms with Gasteiger partial charge in [0.15, 0.2) is 11.6 Å². The van der Waals surface area contributed by atoms with Crippen molar-refractivity contribution in [3.8, 4) is 10.0 Å². The van der Waals surface area contributed by atoms with Gasteiger partial charge in [-0.25, -0.2) is 0 Å². The number of carbonyl (C=O) groups is 3. The molecule has 0 bridgehead atoms. The van der Waals surface area contributed by atoms with Gasteiger partial charge in [-0.2, -0.15) is 0 Å². The van der Waals surface area contributed by atoms with Gasteiger partial charge < -0.3 is 15.2 Å². The molecule has 0 fully saturated rings. The van der Waals surface area contributed by atoms with E-state index in [1.54, 1.807) is 30.4 Å². The fourth-order valence-corrected chi connectivity index (χ4v) is 9.83. The third-order valence-electron chi connectivity index (χ3n) is 10.1. The molecule has 58 heavy (non-hydrogen) atoms. The minimum atomic E-state index is -0.711. The predicted molar refractivity (Wildman–Crippen MR) is 224 cm³/mol. The summed E-state index contributed by atoms with van der Waals surface area (Å²) < 4.78 is 8.78. The van der Waals surface area contributed by atoms with Gasteiger partial charge in [0.25, 0.3) is 5.91 Å². The average molecular weight is 853 g/mol. The summed E-state index contributed by atoms with van der Waals surface area (Å²) in [7, 11) is 2.55. The number of amides is 2. The number of aromatic nitrogens is 6. The highest BCUT2D eigenvalue weighted by Gasteiger charge is 2.35. The van der Waals surface area contributed by atoms with Crippen LogP contribution in [0.1, 0.15) is 96.2 Å². The Balaban J connectivity index is 1.06. The Morgan fingerprint density at radius 1 is 0.707 bits per heavy atom. The Kier molecular flexibility index (Phi) is 10.6. The Bertz CT molecular complexity index is 2700. The third kappa shape index (κ3) is 7.05. The molecule has 6 aromatic rings. The maximum absolute atomic E-state index is 13.9. The molecule has 0 aliphatic carbocycles. The lowest BCUT2D eigenvalue weighted by Gasteiger charge is -2.13. The minimum Gasteiger partial charge on any atom is -0.469 e. The number of ether oxygens (including phenoxy) is 1. The molecule has 8 rings (SSSR count). The maximum Gasteiger partial charge on any atom is 0.390 e. The zero-order valence-electron chi connectivity index (χ0n) is 32.0. The molecule has 2 aliphatic heterocycles. The van der Waals surface area contributed by atoms with Crippen molar-refractivity contribution in [2.24, 2.45) is 9.98 Å². The first-order valence-electron chi connectivity index (χ1n) is 18.1. The molecule has 0 saturated heterocycles. The third-order valence-corrected chi connectivity index (χ3v) is 13.1. The number of fused-ring (bicyclic) bond motifs is 6. The summed E-state index contributed by atoms with van der Waals surface area (Å²) >= 11 is 15.3. The summed E-state index contributed by atoms with van der Waals surface area (Å²) in [5.74, 6) is 0.900. The molecule has 14 nitrogen and oxygen atoms in total. The van der Waals surface area contributed by atoms with Crippen LogP contribution in [0.15, 0.2) is 58.5 Å². The van der Waals surface area contributed by atoms with Crippen molar-refractivity contribution in [2.75, 3.05) is 7.11 Å². The van der Waals surface area contributed by atoms with Crippen molar-refractivity contribution in [3.05, 3.63) is 125 Å². The number of benzene rings is 2. The van der Waals surface area contributed by atoms with Crippen LogP contribution >= 0.6 is 45.9 Å². The quantitative estimate of drug-likeness (QED) is 0.121. The molecule has 1 radical (unpaired) electrons. The zero-order chi connectivity index (χ0) is 41.0. The predicted octanol–water partition coefficient (Wildman–Crippen LogP) is 6.64. The van der Waals surface area contributed by atoms with Gasteiger partial charge in [0.05, 0.1) is 36.3 Å². The topological polar surface area (TPSA) is 171 Å². The van der Waals surface area contributed by atoms with E-state index in [1.807, 2.05) is 59.4 Å². The fourth-order valence-electron chi connectivity index (χ4n) is 7.09. The molecule has 0 unspecified atom stereocenters. The molecule has 2 amide bonds. The Labute approximate surface area is 351 Å². The first-order valence-corrected chi connectivity index (χ1v) is 20.5. The zero-order valence-corrected chi connectivity index (χ0v) is 35.2. The summed E-state index contributed by atoms with van der Waals surface area (Å²) in [5, 5.41) is 25.8. The van der Waals surface area contributed by atoms with Gasteiger partial charge in [-0.15, -0.1) is 43.1 Å². The molecule has 19 heteroatoms. The van der Waals surface area contributed by atoms with Crippen LogP contribution in [0.4, 0.5) is 0 Å². The number of carbonyl (C=O) groups excluding carboxylic acids is 3. The molecule has 6 heterocycles. The van der Waals surface area contributed by atoms with Crippen molar-refractivity contribution in [1.82, 2.24) is 40.0 Å². The number of methoxy groups -OCH3 is 1. The maximum atomic E-state index is 13.9. The monoisotopic (exact) mass is 851 g/mol. The highest BCUT2D eigenvalue weighted by molar-refractivity contribution is 7.17. The van der Waals surface area contributed by atoms with Crippen LogP contribution in [0.25, 0.3) is 10.0 Å². The fraction of sp³-hybridized carbons (Fsp3) is 0.256. The van der Waals surface area contributed by atoms with Gasteiger partial charge in [-0.3, -0.25) is 33.5 Å². The lowest BCUT2D eigenvalue weighted by atomic mass is 9.99. The van der Waals surface area contributed by atoms with E-state index < -0.39 is 29.9 Å². The molecule has 2 aromatic carbocycles. The average Bonchev–Trinajstić information content (AvgIpc) is 3.90. The van der Waals surface area contributed by atoms with Gasteiger partial charge >= 0.3 is 13.5 Å². The lowest BCUT2D eigenvalue weighted by molar-refractivity contribution is -0.141. The van der Waals surface area contributed by atoms with Crippen molar-refractivity contribution >= 4 is 82.6 Å². The second-order valence-electron chi connectivity index (χ2n) is 13.8. The number of aliphatic imine (C=N–C) groups is 2. The Hall–Kier alpha value is -5.49. The van der Waals surface area contributed by atoms with Crippen LogP contribution in [0.5, 0.6) is 0 Å². The van der Waals surface area contributed by atoms with Crippen molar-refractivity contribution < 1.29 is 19.1 Å². The normalized spacial score (nSPS) is 15.4. The number of nitrogens with zero attached hydrogens (tertiary/aromatic N) is 8. The SMILES string of the molecule is COC(=O)C[C@@H]1N=C(c2ccc(Cl)cc2)c2c(sc(C(=O)N[B]NC(=O)C[C@@H]3N=C(c4ccc(Cl)cc4)c4c(sc(C)c4C)-n4c(C)nnc43)c2C)-n2c(C)nnc21. The standard InChI is InChI=1S/C39H34BCl2N10O4S2/c1-17-19(3)57-38-30(17)32(22-7-11-24(41)12-8-22)43-26(35-49-47-20(4)51(35)38)15-28(53)45-40-46-37(55)34-18(2)31-33(23-9-13-25(42)14-10-23)44-27(16-29(54)56-6)36-50-48-21(5)52(36)39(31)58-34/h7-14,26-27H,15-16H2,1-6H3,(H,45,53)(H,46,55)/t26-,27-/m0/s1. The van der Waals surface area contributed by atoms with Crippen molar-refractivity contribution in [2.45, 2.75) is 59.5 Å². The first-order chi connectivity index (χ1) is 27.8. The van der Waals surface area contributed by atoms with Crippen LogP contribution in [-0.2, 0) is 14.3 Å². The van der Waals surface area contributed by atoms with E-state index in [-0.39, 0.29) is 12.8 Å². The van der Waals surface area contributed by atoms with Crippen LogP contribution in [0.3, 0.4) is 0 Å². The number of rotatable bonds is 9. The van der Waals surface area contributed by atoms with E-state index in [4.69, 9.17) is 37.9 Å². The molecular weight excluding hydrogens is 818 g/mol. The molecular formula is C39H34BCl2N10O4S2. The van der Waals surface area contributed by atoms with E-state index >= 15 is 0 Å². The van der Waals surface area contributed by atoms with Gasteiger partial charge in [0.2, 0.25) is 5.91 Å². The van der Waals surface area contributed by atoms with Gasteiger partial charge in [-0.05, 0) is 70.0 Å². The number of nitrogens with one attached hydrogen (secondary N) is 2. The van der Waals surface area contributed by atoms with Crippen LogP contribution in [0, 0.1) is 34.6 Å². The van der Waals surface area contributed by atoms with Crippen LogP contribution in [0.2, 0.25) is 10.0 Å². The largest absolute Gasteiger partial charge is 0.469 e. The lowest BCUT2D eigenvalue weighted by Crippen LogP contribution is -2.41. The molecule has 4 aromatic heterocycles. The van der Waals surface area contributed by atoms with E-state index in [9.17, 15) is 14.4 Å². The second kappa shape index (κ2) is 15.7. The number of hydrogen-bond donors (Lipinski definition) is 2. The first kappa shape index (κ1) is 39.3. The number of esters is 1. The summed E-state index contributed by atoms with van der Waals surface area (Å²) in [6, 6.07) is 13.2. The molecule has 0 saturated carbocycles. The summed E-state index contributed by atoms with van der Waals surface area (Å²) in [5.41, 5.74) is 6.23. The molecule has 2 atom stereocenters. The van der Waals surface area contributed by atoms with Gasteiger partial charge in [-0.1, -0.05) is 47.5 Å². The molecule has 0 spiro atoms. The summed E-state index contributed by atoms with van der Waals surface area (Å²) in [6.45, 7) is 9.63. The van der Waals surface area contributed by atoms with Crippen LogP contribution < -0.4 is 10.5 Å². The number of halogens is 2. The molecule has 2 aliphatic rings. The molecule has 293 valence electrons. The highest BCUT2D eigenvalue weighted by atomic mass is 35.5. The smallest absolute Gasteiger partial charge is 0.390 e. The van der Waals surface area contributed by atoms with Crippen molar-refractivity contribution in [3.63, 3.8) is 0 Å². The number of aryl methyl sites for hydroxylation is 3. The number of thiophene rings is 2. The van der Waals surface area contributed by atoms with E-state index in [0.717, 1.165) is 37.8 Å². The van der Waals surface area contributed by atoms with Gasteiger partial charge in [0, 0.05) is 37.2 Å². The van der Waals surface area contributed by atoms with Crippen molar-refractivity contribution in [1.29, 1.82) is 0 Å². The minimum absolute atomic E-state index is 0.0670. The summed E-state index contributed by atoms with van der Waals surface area (Å²) in [6.07, 6.45) is -0.146. The van der Waals surface area contributed by atoms with Crippen LogP contribution in [-0.4, -0.2) is 73.4 Å². The summed E-state index contributed by atoms with van der Waals surface area (Å²) in [4.78, 5) is 51.8. The van der Waals surface area contributed by atoms with E-state index in [2.05, 4.69) is 44.7 Å². The van der Waals surface area contributed by atoms with E-state index in [1.165, 1.54) is 26.0 Å². The van der Waals surface area contributed by atoms with E-state index in [0.29, 0.717) is 60.1 Å². The number of hydrogen-bond acceptors (Lipinski definition) is 12. The Morgan fingerprint density at radius 2 is 1.21 bits per heavy atom. The Morgan fingerprint density at radius 3 is 1.74 bits per heavy atom. The van der Waals surface area contributed by atoms with Gasteiger partial charge in [0.1, 0.15) is 33.7 Å². The molecule has 2 N–H and O–H groups in total. The highest BCUT2D eigenvalue weighted by Crippen LogP contribution is 2.41.